The van der Waals surface area contributed by atoms with E-state index < -0.39 is 11.3 Å². The van der Waals surface area contributed by atoms with Crippen LogP contribution < -0.4 is 11.1 Å². The van der Waals surface area contributed by atoms with Crippen molar-refractivity contribution in [3.8, 4) is 11.5 Å². The molecule has 0 aliphatic rings. The number of hydrogen-bond donors (Lipinski definition) is 5. The number of carbonyl (C=O) groups is 1. The molecule has 0 bridgehead atoms. The first-order valence-corrected chi connectivity index (χ1v) is 5.55. The highest BCUT2D eigenvalue weighted by atomic mass is 16.4. The minimum atomic E-state index is -0.719. The highest BCUT2D eigenvalue weighted by Gasteiger charge is 2.24. The summed E-state index contributed by atoms with van der Waals surface area (Å²) in [6.07, 6.45) is 0. The van der Waals surface area contributed by atoms with Crippen LogP contribution in [0.1, 0.15) is 24.2 Å². The van der Waals surface area contributed by atoms with Gasteiger partial charge in [-0.1, -0.05) is 19.0 Å². The van der Waals surface area contributed by atoms with Crippen LogP contribution in [0.5, 0.6) is 11.5 Å². The Labute approximate surface area is 110 Å². The highest BCUT2D eigenvalue weighted by Crippen LogP contribution is 2.20. The molecule has 0 saturated heterocycles. The molecule has 0 radical (unpaired) electrons. The normalized spacial score (nSPS) is 12.2. The van der Waals surface area contributed by atoms with E-state index in [9.17, 15) is 15.0 Å². The number of oxime groups is 1. The maximum atomic E-state index is 11.8. The molecule has 0 spiro atoms. The summed E-state index contributed by atoms with van der Waals surface area (Å²) in [4.78, 5) is 11.8. The second-order valence-corrected chi connectivity index (χ2v) is 4.79. The number of aromatic hydroxyl groups is 2. The number of amides is 1. The molecule has 0 heterocycles. The van der Waals surface area contributed by atoms with Crippen molar-refractivity contribution in [1.82, 2.24) is 5.32 Å². The van der Waals surface area contributed by atoms with Crippen molar-refractivity contribution in [3.05, 3.63) is 23.8 Å². The van der Waals surface area contributed by atoms with Gasteiger partial charge in [0.15, 0.2) is 0 Å². The molecule has 0 aromatic heterocycles. The zero-order valence-corrected chi connectivity index (χ0v) is 10.7. The molecule has 19 heavy (non-hydrogen) atoms. The second kappa shape index (κ2) is 5.47. The minimum absolute atomic E-state index is 0.00782. The Hall–Kier alpha value is -2.44. The number of phenols is 2. The summed E-state index contributed by atoms with van der Waals surface area (Å²) in [7, 11) is 0. The maximum absolute atomic E-state index is 11.8. The van der Waals surface area contributed by atoms with E-state index in [0.29, 0.717) is 0 Å². The second-order valence-electron chi connectivity index (χ2n) is 4.79. The van der Waals surface area contributed by atoms with Crippen LogP contribution in [0.2, 0.25) is 0 Å². The van der Waals surface area contributed by atoms with Crippen LogP contribution >= 0.6 is 0 Å². The summed E-state index contributed by atoms with van der Waals surface area (Å²) < 4.78 is 0. The van der Waals surface area contributed by atoms with Gasteiger partial charge in [-0.2, -0.15) is 0 Å². The Kier molecular flexibility index (Phi) is 4.21. The Morgan fingerprint density at radius 3 is 2.32 bits per heavy atom. The fourth-order valence-corrected chi connectivity index (χ4v) is 1.36. The van der Waals surface area contributed by atoms with Crippen LogP contribution in [0.4, 0.5) is 0 Å². The van der Waals surface area contributed by atoms with Crippen LogP contribution in [-0.4, -0.2) is 33.7 Å². The topological polar surface area (TPSA) is 128 Å². The first-order chi connectivity index (χ1) is 8.76. The van der Waals surface area contributed by atoms with Crippen molar-refractivity contribution in [3.63, 3.8) is 0 Å². The molecule has 7 nitrogen and oxygen atoms in total. The first-order valence-electron chi connectivity index (χ1n) is 5.55. The molecule has 1 aromatic rings. The van der Waals surface area contributed by atoms with E-state index >= 15 is 0 Å². The van der Waals surface area contributed by atoms with Gasteiger partial charge in [-0.15, -0.1) is 0 Å². The van der Waals surface area contributed by atoms with Gasteiger partial charge < -0.3 is 26.5 Å². The average molecular weight is 267 g/mol. The number of nitrogens with one attached hydrogen (secondary N) is 1. The van der Waals surface area contributed by atoms with Gasteiger partial charge >= 0.3 is 0 Å². The van der Waals surface area contributed by atoms with Gasteiger partial charge in [-0.05, 0) is 12.1 Å². The minimum Gasteiger partial charge on any atom is -0.508 e. The summed E-state index contributed by atoms with van der Waals surface area (Å²) in [6.45, 7) is 3.53. The van der Waals surface area contributed by atoms with Crippen LogP contribution in [0.25, 0.3) is 0 Å². The largest absolute Gasteiger partial charge is 0.508 e. The van der Waals surface area contributed by atoms with E-state index in [2.05, 4.69) is 10.5 Å². The smallest absolute Gasteiger partial charge is 0.251 e. The predicted molar refractivity (Wildman–Crippen MR) is 69.3 cm³/mol. The van der Waals surface area contributed by atoms with Gasteiger partial charge in [0.2, 0.25) is 0 Å². The number of nitrogens with zero attached hydrogens (tertiary/aromatic N) is 1. The fourth-order valence-electron chi connectivity index (χ4n) is 1.36. The van der Waals surface area contributed by atoms with E-state index in [1.165, 1.54) is 12.1 Å². The standard InChI is InChI=1S/C12H17N3O4/c1-12(2,11(13)15-19)6-14-10(18)7-3-8(16)5-9(17)4-7/h3-5,16-17,19H,6H2,1-2H3,(H2,13,15)(H,14,18). The van der Waals surface area contributed by atoms with Crippen molar-refractivity contribution in [2.75, 3.05) is 6.54 Å². The molecule has 104 valence electrons. The Bertz CT molecular complexity index is 491. The third kappa shape index (κ3) is 3.77. The summed E-state index contributed by atoms with van der Waals surface area (Å²) in [5.41, 5.74) is 4.89. The first kappa shape index (κ1) is 14.6. The van der Waals surface area contributed by atoms with Crippen LogP contribution in [0.3, 0.4) is 0 Å². The van der Waals surface area contributed by atoms with Crippen molar-refractivity contribution < 1.29 is 20.2 Å². The molecule has 1 aromatic carbocycles. The summed E-state index contributed by atoms with van der Waals surface area (Å²) in [5, 5.41) is 32.7. The van der Waals surface area contributed by atoms with Gasteiger partial charge in [0.1, 0.15) is 17.3 Å². The summed E-state index contributed by atoms with van der Waals surface area (Å²) in [5.74, 6) is -0.904. The van der Waals surface area contributed by atoms with E-state index in [-0.39, 0.29) is 29.4 Å². The van der Waals surface area contributed by atoms with Gasteiger partial charge in [0, 0.05) is 23.6 Å². The molecule has 0 atom stereocenters. The molecule has 1 rings (SSSR count). The Balaban J connectivity index is 2.76. The number of nitrogens with two attached hydrogens (primary N) is 1. The van der Waals surface area contributed by atoms with Crippen LogP contribution in [-0.2, 0) is 0 Å². The van der Waals surface area contributed by atoms with E-state index in [1.54, 1.807) is 13.8 Å². The number of phenolic OH excluding ortho intramolecular Hbond substituents is 2. The van der Waals surface area contributed by atoms with Crippen molar-refractivity contribution >= 4 is 11.7 Å². The maximum Gasteiger partial charge on any atom is 0.251 e. The third-order valence-corrected chi connectivity index (χ3v) is 2.66. The van der Waals surface area contributed by atoms with Crippen LogP contribution in [0, 0.1) is 5.41 Å². The molecule has 7 heteroatoms. The summed E-state index contributed by atoms with van der Waals surface area (Å²) in [6, 6.07) is 3.58. The molecule has 0 aliphatic heterocycles. The molecular weight excluding hydrogens is 250 g/mol. The van der Waals surface area contributed by atoms with Crippen molar-refractivity contribution in [1.29, 1.82) is 0 Å². The molecule has 6 N–H and O–H groups in total. The van der Waals surface area contributed by atoms with E-state index in [4.69, 9.17) is 10.9 Å². The zero-order valence-electron chi connectivity index (χ0n) is 10.7. The van der Waals surface area contributed by atoms with E-state index in [1.807, 2.05) is 0 Å². The Morgan fingerprint density at radius 1 is 1.32 bits per heavy atom. The lowest BCUT2D eigenvalue weighted by molar-refractivity contribution is 0.0943. The van der Waals surface area contributed by atoms with Gasteiger partial charge in [0.05, 0.1) is 0 Å². The van der Waals surface area contributed by atoms with Gasteiger partial charge in [-0.25, -0.2) is 0 Å². The predicted octanol–water partition coefficient (Wildman–Crippen LogP) is 0.600. The Morgan fingerprint density at radius 2 is 1.84 bits per heavy atom. The lowest BCUT2D eigenvalue weighted by Crippen LogP contribution is -2.42. The third-order valence-electron chi connectivity index (χ3n) is 2.66. The monoisotopic (exact) mass is 267 g/mol. The quantitative estimate of drug-likeness (QED) is 0.236. The van der Waals surface area contributed by atoms with E-state index in [0.717, 1.165) is 6.07 Å². The SMILES string of the molecule is CC(C)(CNC(=O)c1cc(O)cc(O)c1)/C(N)=N/O. The summed E-state index contributed by atoms with van der Waals surface area (Å²) >= 11 is 0. The number of carbonyl (C=O) groups excluding carboxylic acids is 1. The van der Waals surface area contributed by atoms with Crippen molar-refractivity contribution in [2.24, 2.45) is 16.3 Å². The fraction of sp³-hybridized carbons (Fsp3) is 0.333. The number of amidine groups is 1. The molecule has 0 aliphatic carbocycles. The molecule has 0 unspecified atom stereocenters. The molecule has 1 amide bonds. The number of benzene rings is 1. The number of rotatable bonds is 4. The lowest BCUT2D eigenvalue weighted by atomic mass is 9.92. The number of hydrogen-bond acceptors (Lipinski definition) is 5. The van der Waals surface area contributed by atoms with Gasteiger partial charge in [-0.3, -0.25) is 4.79 Å². The molecule has 0 saturated carbocycles. The average Bonchev–Trinajstić information content (AvgIpc) is 2.33. The molecular formula is C12H17N3O4. The lowest BCUT2D eigenvalue weighted by Gasteiger charge is -2.23. The zero-order chi connectivity index (χ0) is 14.6. The van der Waals surface area contributed by atoms with Crippen molar-refractivity contribution in [2.45, 2.75) is 13.8 Å². The van der Waals surface area contributed by atoms with Gasteiger partial charge in [0.25, 0.3) is 5.91 Å². The molecule has 0 fully saturated rings. The highest BCUT2D eigenvalue weighted by molar-refractivity contribution is 5.95. The van der Waals surface area contributed by atoms with Crippen LogP contribution in [0.15, 0.2) is 23.4 Å².